The molecule has 1 fully saturated rings. The normalized spacial score (nSPS) is 20.2. The zero-order valence-electron chi connectivity index (χ0n) is 11.5. The van der Waals surface area contributed by atoms with Crippen molar-refractivity contribution in [3.05, 3.63) is 0 Å². The van der Waals surface area contributed by atoms with Crippen LogP contribution >= 0.6 is 0 Å². The Bertz CT molecular complexity index is 309. The summed E-state index contributed by atoms with van der Waals surface area (Å²) in [6, 6.07) is -1.21. The van der Waals surface area contributed by atoms with E-state index < -0.39 is 12.0 Å². The Labute approximate surface area is 108 Å². The van der Waals surface area contributed by atoms with Gasteiger partial charge in [-0.15, -0.1) is 0 Å². The van der Waals surface area contributed by atoms with Gasteiger partial charge in [-0.1, -0.05) is 33.1 Å². The van der Waals surface area contributed by atoms with E-state index in [1.165, 1.54) is 6.42 Å². The monoisotopic (exact) mass is 256 g/mol. The number of carbonyl (C=O) groups excluding carboxylic acids is 1. The maximum atomic E-state index is 11.9. The summed E-state index contributed by atoms with van der Waals surface area (Å²) in [6.45, 7) is 5.58. The minimum atomic E-state index is -0.992. The molecule has 104 valence electrons. The summed E-state index contributed by atoms with van der Waals surface area (Å²) in [6.07, 6.45) is 5.36. The van der Waals surface area contributed by atoms with Crippen molar-refractivity contribution in [1.29, 1.82) is 0 Å². The van der Waals surface area contributed by atoms with Crippen molar-refractivity contribution in [2.45, 2.75) is 64.5 Å². The first kappa shape index (κ1) is 14.8. The standard InChI is InChI=1S/C13H24N2O3/c1-9(2)10(11(16)17)14-12(18)15-13(3)7-5-4-6-8-13/h9-10H,4-8H2,1-3H3,(H,16,17)(H2,14,15,18)/t10-/m0/s1. The van der Waals surface area contributed by atoms with E-state index in [1.807, 2.05) is 6.92 Å². The molecule has 0 aliphatic heterocycles. The highest BCUT2D eigenvalue weighted by Gasteiger charge is 2.30. The largest absolute Gasteiger partial charge is 0.480 e. The van der Waals surface area contributed by atoms with E-state index in [0.717, 1.165) is 25.7 Å². The minimum absolute atomic E-state index is 0.132. The fraction of sp³-hybridized carbons (Fsp3) is 0.846. The molecular weight excluding hydrogens is 232 g/mol. The molecule has 5 heteroatoms. The third kappa shape index (κ3) is 4.20. The average molecular weight is 256 g/mol. The molecule has 0 unspecified atom stereocenters. The summed E-state index contributed by atoms with van der Waals surface area (Å²) < 4.78 is 0. The Morgan fingerprint density at radius 1 is 1.17 bits per heavy atom. The first-order valence-electron chi connectivity index (χ1n) is 6.65. The van der Waals surface area contributed by atoms with Gasteiger partial charge in [-0.05, 0) is 25.7 Å². The Morgan fingerprint density at radius 2 is 1.72 bits per heavy atom. The predicted molar refractivity (Wildman–Crippen MR) is 69.4 cm³/mol. The van der Waals surface area contributed by atoms with Crippen LogP contribution in [0.2, 0.25) is 0 Å². The van der Waals surface area contributed by atoms with E-state index in [-0.39, 0.29) is 17.5 Å². The van der Waals surface area contributed by atoms with Crippen molar-refractivity contribution >= 4 is 12.0 Å². The molecule has 0 bridgehead atoms. The summed E-state index contributed by atoms with van der Waals surface area (Å²) in [4.78, 5) is 22.9. The van der Waals surface area contributed by atoms with E-state index in [2.05, 4.69) is 10.6 Å². The minimum Gasteiger partial charge on any atom is -0.480 e. The molecule has 1 aliphatic rings. The van der Waals surface area contributed by atoms with Gasteiger partial charge >= 0.3 is 12.0 Å². The summed E-state index contributed by atoms with van der Waals surface area (Å²) in [5.74, 6) is -1.12. The van der Waals surface area contributed by atoms with Gasteiger partial charge in [0.25, 0.3) is 0 Å². The van der Waals surface area contributed by atoms with Crippen molar-refractivity contribution in [1.82, 2.24) is 10.6 Å². The van der Waals surface area contributed by atoms with Gasteiger partial charge < -0.3 is 15.7 Å². The maximum absolute atomic E-state index is 11.9. The van der Waals surface area contributed by atoms with E-state index in [4.69, 9.17) is 5.11 Å². The van der Waals surface area contributed by atoms with E-state index in [0.29, 0.717) is 0 Å². The van der Waals surface area contributed by atoms with Crippen molar-refractivity contribution in [3.63, 3.8) is 0 Å². The fourth-order valence-electron chi connectivity index (χ4n) is 2.42. The highest BCUT2D eigenvalue weighted by molar-refractivity contribution is 5.83. The molecule has 2 amide bonds. The van der Waals surface area contributed by atoms with Crippen LogP contribution in [0.4, 0.5) is 4.79 Å². The lowest BCUT2D eigenvalue weighted by Crippen LogP contribution is -2.55. The highest BCUT2D eigenvalue weighted by Crippen LogP contribution is 2.27. The lowest BCUT2D eigenvalue weighted by atomic mass is 9.83. The molecule has 0 heterocycles. The highest BCUT2D eigenvalue weighted by atomic mass is 16.4. The number of hydrogen-bond acceptors (Lipinski definition) is 2. The van der Waals surface area contributed by atoms with Crippen LogP contribution in [0, 0.1) is 5.92 Å². The van der Waals surface area contributed by atoms with Crippen LogP contribution in [0.3, 0.4) is 0 Å². The summed E-state index contributed by atoms with van der Waals surface area (Å²) in [5, 5.41) is 14.5. The Hall–Kier alpha value is -1.26. The Morgan fingerprint density at radius 3 is 2.17 bits per heavy atom. The number of aliphatic carboxylic acids is 1. The number of carbonyl (C=O) groups is 2. The molecule has 0 aromatic heterocycles. The van der Waals surface area contributed by atoms with Gasteiger partial charge in [-0.3, -0.25) is 0 Å². The molecule has 0 aromatic carbocycles. The maximum Gasteiger partial charge on any atom is 0.326 e. The van der Waals surface area contributed by atoms with Gasteiger partial charge in [0.2, 0.25) is 0 Å². The summed E-state index contributed by atoms with van der Waals surface area (Å²) >= 11 is 0. The van der Waals surface area contributed by atoms with Crippen LogP contribution in [0.25, 0.3) is 0 Å². The number of nitrogens with one attached hydrogen (secondary N) is 2. The smallest absolute Gasteiger partial charge is 0.326 e. The summed E-state index contributed by atoms with van der Waals surface area (Å²) in [5.41, 5.74) is -0.192. The summed E-state index contributed by atoms with van der Waals surface area (Å²) in [7, 11) is 0. The first-order chi connectivity index (χ1) is 8.34. The zero-order valence-corrected chi connectivity index (χ0v) is 11.5. The van der Waals surface area contributed by atoms with Gasteiger partial charge in [0.1, 0.15) is 6.04 Å². The number of rotatable bonds is 4. The second-order valence-corrected chi connectivity index (χ2v) is 5.78. The van der Waals surface area contributed by atoms with Crippen LogP contribution in [0.1, 0.15) is 52.9 Å². The number of urea groups is 1. The molecule has 0 aromatic rings. The quantitative estimate of drug-likeness (QED) is 0.721. The Kier molecular flexibility index (Phi) is 4.99. The first-order valence-corrected chi connectivity index (χ1v) is 6.65. The molecule has 1 atom stereocenters. The number of carboxylic acids is 1. The van der Waals surface area contributed by atoms with Gasteiger partial charge in [0, 0.05) is 5.54 Å². The third-order valence-electron chi connectivity index (χ3n) is 3.59. The molecule has 5 nitrogen and oxygen atoms in total. The molecule has 18 heavy (non-hydrogen) atoms. The molecule has 0 spiro atoms. The Balaban J connectivity index is 2.52. The molecule has 1 saturated carbocycles. The van der Waals surface area contributed by atoms with Crippen LogP contribution in [0.5, 0.6) is 0 Å². The van der Waals surface area contributed by atoms with E-state index in [9.17, 15) is 9.59 Å². The van der Waals surface area contributed by atoms with Crippen molar-refractivity contribution in [2.24, 2.45) is 5.92 Å². The van der Waals surface area contributed by atoms with Crippen LogP contribution in [0.15, 0.2) is 0 Å². The van der Waals surface area contributed by atoms with E-state index in [1.54, 1.807) is 13.8 Å². The molecule has 1 rings (SSSR count). The van der Waals surface area contributed by atoms with Crippen molar-refractivity contribution in [3.8, 4) is 0 Å². The second kappa shape index (κ2) is 6.07. The van der Waals surface area contributed by atoms with Gasteiger partial charge in [0.05, 0.1) is 0 Å². The zero-order chi connectivity index (χ0) is 13.8. The fourth-order valence-corrected chi connectivity index (χ4v) is 2.42. The van der Waals surface area contributed by atoms with Gasteiger partial charge in [-0.2, -0.15) is 0 Å². The third-order valence-corrected chi connectivity index (χ3v) is 3.59. The van der Waals surface area contributed by atoms with Crippen molar-refractivity contribution in [2.75, 3.05) is 0 Å². The number of hydrogen-bond donors (Lipinski definition) is 3. The molecule has 0 radical (unpaired) electrons. The van der Waals surface area contributed by atoms with Crippen LogP contribution in [-0.4, -0.2) is 28.7 Å². The van der Waals surface area contributed by atoms with Gasteiger partial charge in [0.15, 0.2) is 0 Å². The number of amides is 2. The average Bonchev–Trinajstić information content (AvgIpc) is 2.25. The topological polar surface area (TPSA) is 78.4 Å². The van der Waals surface area contributed by atoms with Gasteiger partial charge in [-0.25, -0.2) is 9.59 Å². The SMILES string of the molecule is CC(C)[C@H](NC(=O)NC1(C)CCCCC1)C(=O)O. The van der Waals surface area contributed by atoms with Crippen LogP contribution in [-0.2, 0) is 4.79 Å². The van der Waals surface area contributed by atoms with Crippen molar-refractivity contribution < 1.29 is 14.7 Å². The van der Waals surface area contributed by atoms with Crippen LogP contribution < -0.4 is 10.6 Å². The number of carboxylic acid groups (broad SMARTS) is 1. The lowest BCUT2D eigenvalue weighted by Gasteiger charge is -2.35. The second-order valence-electron chi connectivity index (χ2n) is 5.78. The molecule has 3 N–H and O–H groups in total. The lowest BCUT2D eigenvalue weighted by molar-refractivity contribution is -0.140. The van der Waals surface area contributed by atoms with E-state index >= 15 is 0 Å². The predicted octanol–water partition coefficient (Wildman–Crippen LogP) is 2.12. The molecule has 0 saturated heterocycles. The molecule has 1 aliphatic carbocycles. The molecular formula is C13H24N2O3.